The molecule has 0 spiro atoms. The van der Waals surface area contributed by atoms with Crippen molar-refractivity contribution in [1.29, 1.82) is 0 Å². The minimum absolute atomic E-state index is 0.485. The van der Waals surface area contributed by atoms with Crippen LogP contribution < -0.4 is 4.74 Å². The van der Waals surface area contributed by atoms with Gasteiger partial charge in [-0.1, -0.05) is 6.07 Å². The fourth-order valence-corrected chi connectivity index (χ4v) is 3.00. The van der Waals surface area contributed by atoms with Crippen molar-refractivity contribution in [2.45, 2.75) is 25.9 Å². The predicted molar refractivity (Wildman–Crippen MR) is 71.2 cm³/mol. The molecule has 0 fully saturated rings. The van der Waals surface area contributed by atoms with Crippen LogP contribution >= 0.6 is 11.3 Å². The van der Waals surface area contributed by atoms with Gasteiger partial charge < -0.3 is 9.84 Å². The summed E-state index contributed by atoms with van der Waals surface area (Å²) in [5.74, 6) is 0.955. The maximum absolute atomic E-state index is 10.2. The summed E-state index contributed by atoms with van der Waals surface area (Å²) in [7, 11) is 0. The molecule has 0 radical (unpaired) electrons. The lowest BCUT2D eigenvalue weighted by Gasteiger charge is -2.10. The second kappa shape index (κ2) is 4.71. The first kappa shape index (κ1) is 11.7. The normalized spacial score (nSPS) is 15.2. The van der Waals surface area contributed by atoms with Crippen molar-refractivity contribution in [3.63, 3.8) is 0 Å². The van der Waals surface area contributed by atoms with Gasteiger partial charge in [0.2, 0.25) is 0 Å². The van der Waals surface area contributed by atoms with Gasteiger partial charge in [0.1, 0.15) is 5.75 Å². The minimum Gasteiger partial charge on any atom is -0.493 e. The maximum atomic E-state index is 10.2. The van der Waals surface area contributed by atoms with E-state index >= 15 is 0 Å². The molecule has 3 rings (SSSR count). The molecular formula is C14H15NO2S. The molecule has 1 N–H and O–H groups in total. The van der Waals surface area contributed by atoms with E-state index in [9.17, 15) is 5.11 Å². The fourth-order valence-electron chi connectivity index (χ4n) is 2.19. The molecule has 1 atom stereocenters. The van der Waals surface area contributed by atoms with E-state index in [1.54, 1.807) is 11.3 Å². The van der Waals surface area contributed by atoms with Gasteiger partial charge in [0.25, 0.3) is 0 Å². The van der Waals surface area contributed by atoms with E-state index in [0.29, 0.717) is 6.42 Å². The predicted octanol–water partition coefficient (Wildman–Crippen LogP) is 2.66. The number of ether oxygens (including phenoxy) is 1. The first-order chi connectivity index (χ1) is 8.72. The number of aryl methyl sites for hydroxylation is 1. The fraction of sp³-hybridized carbons (Fsp3) is 0.357. The summed E-state index contributed by atoms with van der Waals surface area (Å²) in [6.07, 6.45) is 1.03. The third kappa shape index (κ3) is 2.26. The molecule has 1 aliphatic heterocycles. The van der Waals surface area contributed by atoms with Gasteiger partial charge in [0, 0.05) is 23.9 Å². The van der Waals surface area contributed by atoms with Gasteiger partial charge in [-0.2, -0.15) is 0 Å². The smallest absolute Gasteiger partial charge is 0.122 e. The highest BCUT2D eigenvalue weighted by Gasteiger charge is 2.16. The highest BCUT2D eigenvalue weighted by atomic mass is 32.1. The van der Waals surface area contributed by atoms with Crippen LogP contribution in [0.25, 0.3) is 0 Å². The number of hydrogen-bond acceptors (Lipinski definition) is 4. The summed E-state index contributed by atoms with van der Waals surface area (Å²) >= 11 is 1.60. The van der Waals surface area contributed by atoms with Gasteiger partial charge >= 0.3 is 0 Å². The quantitative estimate of drug-likeness (QED) is 0.923. The third-order valence-electron chi connectivity index (χ3n) is 3.13. The number of aromatic nitrogens is 1. The number of benzene rings is 1. The number of thiazole rings is 1. The van der Waals surface area contributed by atoms with Crippen LogP contribution in [-0.4, -0.2) is 16.7 Å². The lowest BCUT2D eigenvalue weighted by atomic mass is 10.0. The highest BCUT2D eigenvalue weighted by molar-refractivity contribution is 7.09. The highest BCUT2D eigenvalue weighted by Crippen LogP contribution is 2.29. The molecule has 4 heteroatoms. The van der Waals surface area contributed by atoms with Crippen LogP contribution in [0.15, 0.2) is 23.6 Å². The Labute approximate surface area is 110 Å². The second-order valence-corrected chi connectivity index (χ2v) is 5.51. The van der Waals surface area contributed by atoms with E-state index in [4.69, 9.17) is 4.74 Å². The molecular weight excluding hydrogens is 246 g/mol. The molecule has 3 nitrogen and oxygen atoms in total. The average Bonchev–Trinajstić information content (AvgIpc) is 2.96. The molecule has 0 bridgehead atoms. The van der Waals surface area contributed by atoms with Crippen LogP contribution in [0.3, 0.4) is 0 Å². The molecule has 0 saturated carbocycles. The second-order valence-electron chi connectivity index (χ2n) is 4.57. The van der Waals surface area contributed by atoms with Gasteiger partial charge in [-0.25, -0.2) is 4.98 Å². The van der Waals surface area contributed by atoms with E-state index in [-0.39, 0.29) is 0 Å². The minimum atomic E-state index is -0.485. The van der Waals surface area contributed by atoms with Crippen LogP contribution in [0.5, 0.6) is 5.75 Å². The summed E-state index contributed by atoms with van der Waals surface area (Å²) in [5.41, 5.74) is 3.17. The van der Waals surface area contributed by atoms with Gasteiger partial charge in [0.05, 0.1) is 17.7 Å². The zero-order chi connectivity index (χ0) is 12.5. The monoisotopic (exact) mass is 261 g/mol. The van der Waals surface area contributed by atoms with E-state index in [1.165, 1.54) is 5.56 Å². The van der Waals surface area contributed by atoms with Gasteiger partial charge in [-0.05, 0) is 30.2 Å². The number of nitrogens with zero attached hydrogens (tertiary/aromatic N) is 1. The standard InChI is InChI=1S/C14H15NO2S/c1-9-8-18-14(15-9)7-12(16)10-2-3-13-11(6-10)4-5-17-13/h2-3,6,8,12,16H,4-5,7H2,1H3. The summed E-state index contributed by atoms with van der Waals surface area (Å²) in [4.78, 5) is 4.38. The molecule has 18 heavy (non-hydrogen) atoms. The number of rotatable bonds is 3. The van der Waals surface area contributed by atoms with Crippen molar-refractivity contribution < 1.29 is 9.84 Å². The molecule has 2 aromatic rings. The van der Waals surface area contributed by atoms with Crippen molar-refractivity contribution in [3.05, 3.63) is 45.4 Å². The number of aliphatic hydroxyl groups is 1. The summed E-state index contributed by atoms with van der Waals surface area (Å²) in [6, 6.07) is 5.94. The average molecular weight is 261 g/mol. The Kier molecular flexibility index (Phi) is 3.06. The molecule has 0 saturated heterocycles. The molecule has 1 aromatic carbocycles. The first-order valence-corrected chi connectivity index (χ1v) is 6.95. The topological polar surface area (TPSA) is 42.4 Å². The van der Waals surface area contributed by atoms with Crippen LogP contribution in [-0.2, 0) is 12.8 Å². The third-order valence-corrected chi connectivity index (χ3v) is 4.12. The van der Waals surface area contributed by atoms with Crippen molar-refractivity contribution in [1.82, 2.24) is 4.98 Å². The van der Waals surface area contributed by atoms with Crippen LogP contribution in [0.1, 0.15) is 27.9 Å². The Balaban J connectivity index is 1.78. The molecule has 2 heterocycles. The Morgan fingerprint density at radius 2 is 2.39 bits per heavy atom. The first-order valence-electron chi connectivity index (χ1n) is 6.07. The van der Waals surface area contributed by atoms with Crippen molar-refractivity contribution >= 4 is 11.3 Å². The number of hydrogen-bond donors (Lipinski definition) is 1. The zero-order valence-electron chi connectivity index (χ0n) is 10.2. The lowest BCUT2D eigenvalue weighted by Crippen LogP contribution is -2.02. The summed E-state index contributed by atoms with van der Waals surface area (Å²) in [5, 5.41) is 13.2. The molecule has 94 valence electrons. The molecule has 1 unspecified atom stereocenters. The summed E-state index contributed by atoms with van der Waals surface area (Å²) in [6.45, 7) is 2.72. The SMILES string of the molecule is Cc1csc(CC(O)c2ccc3c(c2)CCO3)n1. The largest absolute Gasteiger partial charge is 0.493 e. The molecule has 1 aliphatic rings. The number of fused-ring (bicyclic) bond motifs is 1. The number of aliphatic hydroxyl groups excluding tert-OH is 1. The van der Waals surface area contributed by atoms with Gasteiger partial charge in [0.15, 0.2) is 0 Å². The van der Waals surface area contributed by atoms with E-state index < -0.39 is 6.10 Å². The van der Waals surface area contributed by atoms with Crippen LogP contribution in [0.4, 0.5) is 0 Å². The van der Waals surface area contributed by atoms with E-state index in [1.807, 2.05) is 30.5 Å². The summed E-state index contributed by atoms with van der Waals surface area (Å²) < 4.78 is 5.46. The Hall–Kier alpha value is -1.39. The van der Waals surface area contributed by atoms with Gasteiger partial charge in [-0.15, -0.1) is 11.3 Å². The maximum Gasteiger partial charge on any atom is 0.122 e. The molecule has 0 aliphatic carbocycles. The van der Waals surface area contributed by atoms with E-state index in [0.717, 1.165) is 35.0 Å². The van der Waals surface area contributed by atoms with Crippen molar-refractivity contribution in [2.24, 2.45) is 0 Å². The molecule has 1 aromatic heterocycles. The Morgan fingerprint density at radius 1 is 1.50 bits per heavy atom. The van der Waals surface area contributed by atoms with Crippen LogP contribution in [0.2, 0.25) is 0 Å². The zero-order valence-corrected chi connectivity index (χ0v) is 11.0. The van der Waals surface area contributed by atoms with Crippen LogP contribution in [0, 0.1) is 6.92 Å². The van der Waals surface area contributed by atoms with E-state index in [2.05, 4.69) is 4.98 Å². The Bertz CT molecular complexity index is 565. The molecule has 0 amide bonds. The lowest BCUT2D eigenvalue weighted by molar-refractivity contribution is 0.178. The Morgan fingerprint density at radius 3 is 3.17 bits per heavy atom. The van der Waals surface area contributed by atoms with Gasteiger partial charge in [-0.3, -0.25) is 0 Å². The van der Waals surface area contributed by atoms with Crippen molar-refractivity contribution in [3.8, 4) is 5.75 Å². The van der Waals surface area contributed by atoms with Crippen molar-refractivity contribution in [2.75, 3.05) is 6.61 Å².